The van der Waals surface area contributed by atoms with Crippen molar-refractivity contribution in [1.82, 2.24) is 0 Å². The fraction of sp³-hybridized carbons (Fsp3) is 0.756. The summed E-state index contributed by atoms with van der Waals surface area (Å²) < 4.78 is 6.31. The minimum Gasteiger partial charge on any atom is -0.423 e. The van der Waals surface area contributed by atoms with Crippen LogP contribution < -0.4 is 4.74 Å². The van der Waals surface area contributed by atoms with E-state index in [0.717, 1.165) is 48.8 Å². The van der Waals surface area contributed by atoms with Crippen LogP contribution in [-0.2, 0) is 15.6 Å². The van der Waals surface area contributed by atoms with Crippen LogP contribution in [0.15, 0.2) is 36.4 Å². The third-order valence-corrected chi connectivity index (χ3v) is 14.3. The van der Waals surface area contributed by atoms with E-state index in [1.807, 2.05) is 0 Å². The van der Waals surface area contributed by atoms with E-state index in [1.165, 1.54) is 11.6 Å². The molecule has 1 aliphatic carbocycles. The van der Waals surface area contributed by atoms with Crippen molar-refractivity contribution >= 4 is 5.97 Å². The number of allylic oxidation sites excluding steroid dienone is 1. The first-order chi connectivity index (χ1) is 21.5. The topological polar surface area (TPSA) is 46.5 Å². The Morgan fingerprint density at radius 3 is 1.73 bits per heavy atom. The van der Waals surface area contributed by atoms with Crippen LogP contribution in [0.4, 0.5) is 0 Å². The molecule has 0 fully saturated rings. The predicted octanol–water partition coefficient (Wildman–Crippen LogP) is 12.9. The van der Waals surface area contributed by atoms with Crippen molar-refractivity contribution in [2.75, 3.05) is 0 Å². The molecule has 0 amide bonds. The highest BCUT2D eigenvalue weighted by Gasteiger charge is 2.66. The molecule has 0 saturated carbocycles. The zero-order chi connectivity index (χ0) is 37.7. The lowest BCUT2D eigenvalue weighted by molar-refractivity contribution is -0.187. The number of hydrogen-bond acceptors (Lipinski definition) is 3. The van der Waals surface area contributed by atoms with Crippen LogP contribution in [-0.4, -0.2) is 17.2 Å². The number of hydrogen-bond donors (Lipinski definition) is 1. The summed E-state index contributed by atoms with van der Waals surface area (Å²) >= 11 is 0. The lowest BCUT2D eigenvalue weighted by Crippen LogP contribution is -2.64. The van der Waals surface area contributed by atoms with Gasteiger partial charge in [-0.15, -0.1) is 0 Å². The Labute approximate surface area is 297 Å². The van der Waals surface area contributed by atoms with Gasteiger partial charge in [0.1, 0.15) is 5.75 Å². The third-order valence-electron chi connectivity index (χ3n) is 14.3. The molecule has 48 heavy (non-hydrogen) atoms. The molecule has 0 aromatic heterocycles. The quantitative estimate of drug-likeness (QED) is 0.105. The number of aliphatic hydroxyl groups is 1. The van der Waals surface area contributed by atoms with E-state index in [-0.39, 0.29) is 43.8 Å². The van der Waals surface area contributed by atoms with Gasteiger partial charge in [0.05, 0.1) is 6.10 Å². The molecule has 3 nitrogen and oxygen atoms in total. The van der Waals surface area contributed by atoms with Gasteiger partial charge in [0.25, 0.3) is 0 Å². The van der Waals surface area contributed by atoms with Crippen LogP contribution in [0.25, 0.3) is 0 Å². The second-order valence-corrected chi connectivity index (χ2v) is 19.9. The van der Waals surface area contributed by atoms with E-state index in [0.29, 0.717) is 5.75 Å². The predicted molar refractivity (Wildman–Crippen MR) is 208 cm³/mol. The van der Waals surface area contributed by atoms with Crippen LogP contribution >= 0.6 is 0 Å². The third kappa shape index (κ3) is 6.89. The van der Waals surface area contributed by atoms with Gasteiger partial charge in [0.15, 0.2) is 0 Å². The highest BCUT2D eigenvalue weighted by atomic mass is 16.5. The van der Waals surface area contributed by atoms with E-state index >= 15 is 0 Å². The maximum absolute atomic E-state index is 13.2. The van der Waals surface area contributed by atoms with Crippen molar-refractivity contribution in [3.63, 3.8) is 0 Å². The fourth-order valence-electron chi connectivity index (χ4n) is 9.16. The molecule has 1 aromatic rings. The fourth-order valence-corrected chi connectivity index (χ4v) is 9.16. The number of esters is 1. The zero-order valence-electron chi connectivity index (χ0n) is 35.0. The molecular formula is C45H76O3. The number of aliphatic hydroxyl groups excluding tert-OH is 1. The molecule has 4 unspecified atom stereocenters. The van der Waals surface area contributed by atoms with E-state index in [2.05, 4.69) is 156 Å². The smallest absolute Gasteiger partial charge is 0.335 e. The number of ether oxygens (including phenoxy) is 1. The molecule has 0 spiro atoms. The molecule has 1 N–H and O–H groups in total. The molecule has 3 heteroatoms. The minimum absolute atomic E-state index is 0.0593. The van der Waals surface area contributed by atoms with Crippen molar-refractivity contribution < 1.29 is 14.6 Å². The second kappa shape index (κ2) is 13.7. The van der Waals surface area contributed by atoms with Gasteiger partial charge in [-0.1, -0.05) is 169 Å². The van der Waals surface area contributed by atoms with E-state index in [4.69, 9.17) is 4.74 Å². The van der Waals surface area contributed by atoms with E-state index < -0.39 is 17.5 Å². The Kier molecular flexibility index (Phi) is 12.1. The summed E-state index contributed by atoms with van der Waals surface area (Å²) in [5, 5.41) is 13.2. The van der Waals surface area contributed by atoms with Gasteiger partial charge in [-0.25, -0.2) is 4.79 Å². The average Bonchev–Trinajstić information content (AvgIpc) is 2.98. The molecule has 0 bridgehead atoms. The summed E-state index contributed by atoms with van der Waals surface area (Å²) in [7, 11) is 0. The highest BCUT2D eigenvalue weighted by molar-refractivity contribution is 5.84. The molecule has 1 aromatic carbocycles. The first kappa shape index (κ1) is 42.3. The normalized spacial score (nSPS) is 23.8. The van der Waals surface area contributed by atoms with Crippen molar-refractivity contribution in [2.45, 2.75) is 187 Å². The van der Waals surface area contributed by atoms with Crippen LogP contribution in [0.3, 0.4) is 0 Å². The SMILES string of the molecule is C=CC(=O)Oc1c(C(C)C2=CC(C(C)(C)C)(C(C)(C)CC)CC(C(C)(C)C)(C(C)(C)CC)C2O)cc(C(C)(C)CC)cc1C(C)(C)CC. The van der Waals surface area contributed by atoms with Gasteiger partial charge in [0.2, 0.25) is 0 Å². The molecule has 0 heterocycles. The van der Waals surface area contributed by atoms with Crippen LogP contribution in [0.1, 0.15) is 186 Å². The molecule has 0 radical (unpaired) electrons. The minimum atomic E-state index is -0.695. The summed E-state index contributed by atoms with van der Waals surface area (Å²) in [6.07, 6.45) is 7.80. The maximum Gasteiger partial charge on any atom is 0.335 e. The Bertz CT molecular complexity index is 1360. The lowest BCUT2D eigenvalue weighted by atomic mass is 9.37. The van der Waals surface area contributed by atoms with E-state index in [1.54, 1.807) is 0 Å². The highest BCUT2D eigenvalue weighted by Crippen LogP contribution is 2.71. The van der Waals surface area contributed by atoms with Gasteiger partial charge < -0.3 is 9.84 Å². The lowest BCUT2D eigenvalue weighted by Gasteiger charge is -2.68. The first-order valence-corrected chi connectivity index (χ1v) is 19.0. The van der Waals surface area contributed by atoms with Crippen LogP contribution in [0.5, 0.6) is 5.75 Å². The first-order valence-electron chi connectivity index (χ1n) is 19.0. The van der Waals surface area contributed by atoms with E-state index in [9.17, 15) is 9.90 Å². The monoisotopic (exact) mass is 665 g/mol. The molecule has 0 aliphatic heterocycles. The molecule has 274 valence electrons. The summed E-state index contributed by atoms with van der Waals surface area (Å²) in [5.74, 6) is -0.0407. The van der Waals surface area contributed by atoms with Crippen molar-refractivity contribution in [3.05, 3.63) is 53.1 Å². The standard InChI is InChI=1S/C45H76O3/c1-21-35(46)48-36-32(26-31(40(13,14)22-2)27-34(36)41(15,16)23-3)30(6)33-28-44(38(7,8)9,42(17,18)24-4)29-45(37(33)47,39(10,11)12)43(19,20)25-5/h21,26-28,30,37,47H,1,22-25,29H2,2-20H3. The number of rotatable bonds is 12. The summed E-state index contributed by atoms with van der Waals surface area (Å²) in [5.41, 5.74) is 2.73. The molecular weight excluding hydrogens is 588 g/mol. The summed E-state index contributed by atoms with van der Waals surface area (Å²) in [6.45, 7) is 48.0. The van der Waals surface area contributed by atoms with Crippen LogP contribution in [0.2, 0.25) is 0 Å². The van der Waals surface area contributed by atoms with Gasteiger partial charge in [-0.05, 0) is 68.3 Å². The van der Waals surface area contributed by atoms with Crippen LogP contribution in [0, 0.1) is 32.5 Å². The van der Waals surface area contributed by atoms with Crippen molar-refractivity contribution in [2.24, 2.45) is 32.5 Å². The Hall–Kier alpha value is -1.87. The van der Waals surface area contributed by atoms with Gasteiger partial charge in [-0.3, -0.25) is 0 Å². The van der Waals surface area contributed by atoms with Crippen molar-refractivity contribution in [3.8, 4) is 5.75 Å². The number of carbonyl (C=O) groups is 1. The molecule has 4 atom stereocenters. The number of benzene rings is 1. The second-order valence-electron chi connectivity index (χ2n) is 19.9. The Balaban J connectivity index is 3.36. The van der Waals surface area contributed by atoms with Gasteiger partial charge in [0, 0.05) is 28.5 Å². The Morgan fingerprint density at radius 2 is 1.33 bits per heavy atom. The van der Waals surface area contributed by atoms with Crippen molar-refractivity contribution in [1.29, 1.82) is 0 Å². The molecule has 2 rings (SSSR count). The summed E-state index contributed by atoms with van der Waals surface area (Å²) in [4.78, 5) is 13.1. The zero-order valence-corrected chi connectivity index (χ0v) is 35.0. The Morgan fingerprint density at radius 1 is 0.833 bits per heavy atom. The summed E-state index contributed by atoms with van der Waals surface area (Å²) in [6, 6.07) is 4.56. The molecule has 0 saturated heterocycles. The molecule has 1 aliphatic rings. The maximum atomic E-state index is 13.2. The largest absolute Gasteiger partial charge is 0.423 e. The van der Waals surface area contributed by atoms with Gasteiger partial charge in [-0.2, -0.15) is 0 Å². The average molecular weight is 665 g/mol. The number of carbonyl (C=O) groups excluding carboxylic acids is 1. The van der Waals surface area contributed by atoms with Gasteiger partial charge >= 0.3 is 5.97 Å².